The first kappa shape index (κ1) is 20.8. The molecule has 2 aromatic carbocycles. The van der Waals surface area contributed by atoms with Gasteiger partial charge >= 0.3 is 0 Å². The number of thioether (sulfide) groups is 2. The van der Waals surface area contributed by atoms with Crippen LogP contribution in [-0.4, -0.2) is 52.9 Å². The van der Waals surface area contributed by atoms with E-state index in [0.717, 1.165) is 31.6 Å². The third-order valence-corrected chi connectivity index (χ3v) is 9.22. The van der Waals surface area contributed by atoms with Crippen LogP contribution in [0.4, 0.5) is 0 Å². The Kier molecular flexibility index (Phi) is 6.88. The van der Waals surface area contributed by atoms with Gasteiger partial charge in [-0.15, -0.1) is 23.5 Å². The molecular weight excluding hydrogens is 396 g/mol. The summed E-state index contributed by atoms with van der Waals surface area (Å²) >= 11 is 4.01. The van der Waals surface area contributed by atoms with Crippen molar-refractivity contribution in [3.8, 4) is 0 Å². The topological polar surface area (TPSA) is 23.6 Å². The fraction of sp³-hybridized carbons (Fsp3) is 0.458. The number of carbonyl (C=O) groups excluding carboxylic acids is 1. The molecular formula is C24H30N2OS2. The molecule has 2 fully saturated rings. The van der Waals surface area contributed by atoms with Crippen molar-refractivity contribution < 1.29 is 4.79 Å². The fourth-order valence-electron chi connectivity index (χ4n) is 4.38. The van der Waals surface area contributed by atoms with Gasteiger partial charge in [-0.1, -0.05) is 42.5 Å². The van der Waals surface area contributed by atoms with Crippen molar-refractivity contribution in [2.24, 2.45) is 0 Å². The quantitative estimate of drug-likeness (QED) is 0.612. The molecule has 3 nitrogen and oxygen atoms in total. The zero-order chi connectivity index (χ0) is 20.2. The first-order valence-corrected chi connectivity index (χ1v) is 12.7. The van der Waals surface area contributed by atoms with Crippen molar-refractivity contribution >= 4 is 29.4 Å². The first-order chi connectivity index (χ1) is 14.2. The van der Waals surface area contributed by atoms with Crippen LogP contribution in [0, 0.1) is 0 Å². The monoisotopic (exact) mass is 426 g/mol. The smallest absolute Gasteiger partial charge is 0.254 e. The summed E-state index contributed by atoms with van der Waals surface area (Å²) in [4.78, 5) is 17.8. The highest BCUT2D eigenvalue weighted by atomic mass is 32.2. The number of likely N-dealkylation sites (N-methyl/N-ethyl adjacent to an activating group) is 1. The van der Waals surface area contributed by atoms with Crippen molar-refractivity contribution in [1.82, 2.24) is 9.80 Å². The maximum Gasteiger partial charge on any atom is 0.254 e. The Morgan fingerprint density at radius 1 is 1.10 bits per heavy atom. The van der Waals surface area contributed by atoms with E-state index in [1.165, 1.54) is 22.6 Å². The lowest BCUT2D eigenvalue weighted by Crippen LogP contribution is -2.42. The average molecular weight is 427 g/mol. The van der Waals surface area contributed by atoms with Crippen molar-refractivity contribution in [3.05, 3.63) is 71.3 Å². The van der Waals surface area contributed by atoms with Gasteiger partial charge in [-0.2, -0.15) is 0 Å². The van der Waals surface area contributed by atoms with Gasteiger partial charge in [0.05, 0.1) is 4.58 Å². The van der Waals surface area contributed by atoms with Crippen molar-refractivity contribution in [2.45, 2.75) is 36.9 Å². The van der Waals surface area contributed by atoms with E-state index < -0.39 is 0 Å². The third-order valence-electron chi connectivity index (χ3n) is 6.12. The highest BCUT2D eigenvalue weighted by Crippen LogP contribution is 2.45. The van der Waals surface area contributed by atoms with E-state index in [1.807, 2.05) is 35.7 Å². The van der Waals surface area contributed by atoms with E-state index in [0.29, 0.717) is 16.7 Å². The summed E-state index contributed by atoms with van der Waals surface area (Å²) in [6.07, 6.45) is 1.05. The second-order valence-corrected chi connectivity index (χ2v) is 10.5. The van der Waals surface area contributed by atoms with Crippen molar-refractivity contribution in [1.29, 1.82) is 0 Å². The van der Waals surface area contributed by atoms with Crippen LogP contribution < -0.4 is 0 Å². The van der Waals surface area contributed by atoms with Gasteiger partial charge in [0, 0.05) is 48.8 Å². The Morgan fingerprint density at radius 3 is 2.45 bits per heavy atom. The molecule has 2 aliphatic rings. The zero-order valence-electron chi connectivity index (χ0n) is 17.3. The Balaban J connectivity index is 1.41. The summed E-state index contributed by atoms with van der Waals surface area (Å²) in [5.74, 6) is 2.61. The van der Waals surface area contributed by atoms with E-state index in [1.54, 1.807) is 0 Å². The number of hydrogen-bond donors (Lipinski definition) is 0. The van der Waals surface area contributed by atoms with Crippen LogP contribution in [0.25, 0.3) is 0 Å². The Morgan fingerprint density at radius 2 is 1.79 bits per heavy atom. The molecule has 0 bridgehead atoms. The van der Waals surface area contributed by atoms with Gasteiger partial charge in [0.15, 0.2) is 0 Å². The normalized spacial score (nSPS) is 21.4. The maximum atomic E-state index is 13.2. The molecule has 0 aliphatic carbocycles. The summed E-state index contributed by atoms with van der Waals surface area (Å²) in [6.45, 7) is 7.12. The number of nitrogens with zero attached hydrogens (tertiary/aromatic N) is 2. The number of rotatable bonds is 6. The summed E-state index contributed by atoms with van der Waals surface area (Å²) < 4.78 is 0.532. The molecule has 154 valence electrons. The average Bonchev–Trinajstić information content (AvgIpc) is 3.47. The van der Waals surface area contributed by atoms with Crippen LogP contribution in [0.2, 0.25) is 0 Å². The Hall–Kier alpha value is -1.43. The highest BCUT2D eigenvalue weighted by molar-refractivity contribution is 8.19. The van der Waals surface area contributed by atoms with E-state index >= 15 is 0 Å². The highest BCUT2D eigenvalue weighted by Gasteiger charge is 2.32. The molecule has 2 saturated heterocycles. The van der Waals surface area contributed by atoms with Crippen LogP contribution in [0.3, 0.4) is 0 Å². The molecule has 5 heteroatoms. The summed E-state index contributed by atoms with van der Waals surface area (Å²) in [5, 5.41) is 0. The van der Waals surface area contributed by atoms with Crippen LogP contribution >= 0.6 is 23.5 Å². The van der Waals surface area contributed by atoms with Crippen molar-refractivity contribution in [3.63, 3.8) is 0 Å². The lowest BCUT2D eigenvalue weighted by Gasteiger charge is -2.30. The molecule has 0 saturated carbocycles. The van der Waals surface area contributed by atoms with Crippen molar-refractivity contribution in [2.75, 3.05) is 31.1 Å². The number of carbonyl (C=O) groups is 1. The van der Waals surface area contributed by atoms with E-state index in [9.17, 15) is 4.79 Å². The van der Waals surface area contributed by atoms with Gasteiger partial charge < -0.3 is 4.90 Å². The van der Waals surface area contributed by atoms with Crippen LogP contribution in [0.5, 0.6) is 0 Å². The lowest BCUT2D eigenvalue weighted by atomic mass is 10.1. The fourth-order valence-corrected chi connectivity index (χ4v) is 7.24. The second kappa shape index (κ2) is 9.59. The molecule has 4 rings (SSSR count). The molecule has 2 aromatic rings. The molecule has 0 aromatic heterocycles. The van der Waals surface area contributed by atoms with Gasteiger partial charge in [-0.3, -0.25) is 9.69 Å². The molecule has 2 atom stereocenters. The lowest BCUT2D eigenvalue weighted by molar-refractivity contribution is 0.0689. The molecule has 2 heterocycles. The minimum Gasteiger partial charge on any atom is -0.335 e. The van der Waals surface area contributed by atoms with Crippen LogP contribution in [0.1, 0.15) is 52.4 Å². The summed E-state index contributed by atoms with van der Waals surface area (Å²) in [6, 6.07) is 19.7. The molecule has 2 unspecified atom stereocenters. The van der Waals surface area contributed by atoms with Gasteiger partial charge in [0.1, 0.15) is 0 Å². The zero-order valence-corrected chi connectivity index (χ0v) is 18.9. The van der Waals surface area contributed by atoms with Gasteiger partial charge in [0.25, 0.3) is 5.91 Å². The maximum absolute atomic E-state index is 13.2. The largest absolute Gasteiger partial charge is 0.335 e. The van der Waals surface area contributed by atoms with E-state index in [2.05, 4.69) is 66.1 Å². The molecule has 1 amide bonds. The predicted molar refractivity (Wildman–Crippen MR) is 126 cm³/mol. The minimum atomic E-state index is 0.171. The number of likely N-dealkylation sites (tertiary alicyclic amines) is 1. The molecule has 0 spiro atoms. The summed E-state index contributed by atoms with van der Waals surface area (Å²) in [7, 11) is 0. The standard InChI is InChI=1S/C24H30N2OS2/c1-3-26(22-13-14-25(17-22)18(2)19-7-5-4-6-8-19)23(27)20-9-11-21(12-10-20)24-28-15-16-29-24/h4-12,18,22,24H,3,13-17H2,1-2H3. The van der Waals surface area contributed by atoms with Gasteiger partial charge in [-0.05, 0) is 43.5 Å². The number of amides is 1. The van der Waals surface area contributed by atoms with Crippen LogP contribution in [0.15, 0.2) is 54.6 Å². The van der Waals surface area contributed by atoms with E-state index in [4.69, 9.17) is 0 Å². The molecule has 0 radical (unpaired) electrons. The Bertz CT molecular complexity index is 805. The molecule has 29 heavy (non-hydrogen) atoms. The summed E-state index contributed by atoms with van der Waals surface area (Å²) in [5.41, 5.74) is 3.50. The number of hydrogen-bond acceptors (Lipinski definition) is 4. The Labute approximate surface area is 183 Å². The van der Waals surface area contributed by atoms with Gasteiger partial charge in [0.2, 0.25) is 0 Å². The predicted octanol–water partition coefficient (Wildman–Crippen LogP) is 5.46. The number of benzene rings is 2. The molecule has 0 N–H and O–H groups in total. The van der Waals surface area contributed by atoms with Gasteiger partial charge in [-0.25, -0.2) is 0 Å². The molecule has 2 aliphatic heterocycles. The minimum absolute atomic E-state index is 0.171. The van der Waals surface area contributed by atoms with E-state index in [-0.39, 0.29) is 5.91 Å². The second-order valence-electron chi connectivity index (χ2n) is 7.81. The third kappa shape index (κ3) is 4.68. The SMILES string of the molecule is CCN(C(=O)c1ccc(C2SCCS2)cc1)C1CCN(C(C)c2ccccc2)C1. The van der Waals surface area contributed by atoms with Crippen LogP contribution in [-0.2, 0) is 0 Å². The first-order valence-electron chi connectivity index (χ1n) is 10.6.